The van der Waals surface area contributed by atoms with Crippen LogP contribution in [-0.2, 0) is 0 Å². The molecule has 1 aromatic heterocycles. The average molecular weight is 177 g/mol. The lowest BCUT2D eigenvalue weighted by atomic mass is 10.2. The maximum absolute atomic E-state index is 9.01. The van der Waals surface area contributed by atoms with E-state index in [1.807, 2.05) is 30.3 Å². The third-order valence-corrected chi connectivity index (χ3v) is 2.39. The summed E-state index contributed by atoms with van der Waals surface area (Å²) >= 11 is 1.44. The van der Waals surface area contributed by atoms with Gasteiger partial charge in [0.25, 0.3) is 0 Å². The van der Waals surface area contributed by atoms with Crippen LogP contribution < -0.4 is 0 Å². The highest BCUT2D eigenvalue weighted by Crippen LogP contribution is 2.25. The number of hydrogen-bond acceptors (Lipinski definition) is 3. The molecular weight excluding hydrogens is 170 g/mol. The summed E-state index contributed by atoms with van der Waals surface area (Å²) in [5.74, 6) is 0.0962. The number of thiazole rings is 1. The van der Waals surface area contributed by atoms with Crippen LogP contribution in [0.25, 0.3) is 10.6 Å². The monoisotopic (exact) mass is 177 g/mol. The molecular formula is C9H7NOS. The quantitative estimate of drug-likeness (QED) is 0.726. The number of hydrogen-bond donors (Lipinski definition) is 1. The molecule has 0 saturated heterocycles. The van der Waals surface area contributed by atoms with Gasteiger partial charge in [0, 0.05) is 5.56 Å². The molecule has 2 aromatic rings. The molecule has 1 N–H and O–H groups in total. The normalized spacial score (nSPS) is 10.0. The molecule has 2 nitrogen and oxygen atoms in total. The summed E-state index contributed by atoms with van der Waals surface area (Å²) in [6.07, 6.45) is 0. The van der Waals surface area contributed by atoms with Crippen molar-refractivity contribution in [3.63, 3.8) is 0 Å². The lowest BCUT2D eigenvalue weighted by molar-refractivity contribution is 0.458. The minimum absolute atomic E-state index is 0.0962. The second-order valence-electron chi connectivity index (χ2n) is 2.38. The molecule has 3 heteroatoms. The molecule has 12 heavy (non-hydrogen) atoms. The molecule has 60 valence electrons. The molecule has 0 spiro atoms. The highest BCUT2D eigenvalue weighted by atomic mass is 32.1. The summed E-state index contributed by atoms with van der Waals surface area (Å²) in [4.78, 5) is 3.96. The van der Waals surface area contributed by atoms with Crippen molar-refractivity contribution >= 4 is 11.3 Å². The molecule has 0 aliphatic rings. The van der Waals surface area contributed by atoms with Crippen molar-refractivity contribution < 1.29 is 5.11 Å². The van der Waals surface area contributed by atoms with Crippen LogP contribution >= 0.6 is 11.3 Å². The molecule has 0 atom stereocenters. The van der Waals surface area contributed by atoms with Gasteiger partial charge in [-0.1, -0.05) is 30.3 Å². The first kappa shape index (κ1) is 7.31. The van der Waals surface area contributed by atoms with E-state index in [9.17, 15) is 0 Å². The Bertz CT molecular complexity index is 369. The Hall–Kier alpha value is -1.35. The van der Waals surface area contributed by atoms with E-state index in [-0.39, 0.29) is 5.88 Å². The van der Waals surface area contributed by atoms with Gasteiger partial charge in [0.15, 0.2) is 0 Å². The molecule has 0 radical (unpaired) electrons. The van der Waals surface area contributed by atoms with Gasteiger partial charge < -0.3 is 5.11 Å². The van der Waals surface area contributed by atoms with Crippen LogP contribution in [0.1, 0.15) is 0 Å². The van der Waals surface area contributed by atoms with Crippen molar-refractivity contribution in [2.24, 2.45) is 0 Å². The topological polar surface area (TPSA) is 33.1 Å². The van der Waals surface area contributed by atoms with Gasteiger partial charge in [0.1, 0.15) is 5.01 Å². The van der Waals surface area contributed by atoms with Crippen LogP contribution in [0, 0.1) is 0 Å². The average Bonchev–Trinajstić information content (AvgIpc) is 2.54. The first-order valence-electron chi connectivity index (χ1n) is 3.56. The predicted octanol–water partition coefficient (Wildman–Crippen LogP) is 2.52. The Morgan fingerprint density at radius 3 is 2.50 bits per heavy atom. The van der Waals surface area contributed by atoms with Gasteiger partial charge in [0.2, 0.25) is 5.88 Å². The summed E-state index contributed by atoms with van der Waals surface area (Å²) in [6, 6.07) is 9.80. The number of nitrogens with zero attached hydrogens (tertiary/aromatic N) is 1. The Kier molecular flexibility index (Phi) is 1.80. The standard InChI is InChI=1S/C9H7NOS/c11-8-6-12-9(10-8)7-4-2-1-3-5-7/h1-6,11H. The van der Waals surface area contributed by atoms with Crippen LogP contribution in [0.15, 0.2) is 35.7 Å². The Labute approximate surface area is 74.1 Å². The number of benzene rings is 1. The van der Waals surface area contributed by atoms with Crippen LogP contribution in [0.2, 0.25) is 0 Å². The molecule has 2 rings (SSSR count). The summed E-state index contributed by atoms with van der Waals surface area (Å²) in [5, 5.41) is 11.5. The van der Waals surface area contributed by atoms with E-state index < -0.39 is 0 Å². The first-order chi connectivity index (χ1) is 5.86. The minimum Gasteiger partial charge on any atom is -0.493 e. The van der Waals surface area contributed by atoms with E-state index in [1.54, 1.807) is 5.38 Å². The van der Waals surface area contributed by atoms with Crippen LogP contribution in [0.5, 0.6) is 5.88 Å². The third-order valence-electron chi connectivity index (χ3n) is 1.51. The molecule has 1 aromatic carbocycles. The van der Waals surface area contributed by atoms with E-state index in [2.05, 4.69) is 4.98 Å². The van der Waals surface area contributed by atoms with Crippen molar-refractivity contribution in [2.75, 3.05) is 0 Å². The molecule has 0 unspecified atom stereocenters. The molecule has 0 fully saturated rings. The van der Waals surface area contributed by atoms with Gasteiger partial charge in [-0.2, -0.15) is 0 Å². The Morgan fingerprint density at radius 1 is 1.17 bits per heavy atom. The Balaban J connectivity index is 2.45. The SMILES string of the molecule is Oc1csc(-c2ccccc2)n1. The molecule has 0 aliphatic carbocycles. The predicted molar refractivity (Wildman–Crippen MR) is 49.2 cm³/mol. The van der Waals surface area contributed by atoms with E-state index in [0.29, 0.717) is 0 Å². The fraction of sp³-hybridized carbons (Fsp3) is 0. The van der Waals surface area contributed by atoms with Crippen molar-refractivity contribution in [1.29, 1.82) is 0 Å². The van der Waals surface area contributed by atoms with Gasteiger partial charge in [-0.3, -0.25) is 0 Å². The number of aromatic hydroxyl groups is 1. The lowest BCUT2D eigenvalue weighted by Crippen LogP contribution is -1.72. The fourth-order valence-corrected chi connectivity index (χ4v) is 1.67. The molecule has 0 saturated carbocycles. The summed E-state index contributed by atoms with van der Waals surface area (Å²) in [5.41, 5.74) is 1.04. The van der Waals surface area contributed by atoms with E-state index in [4.69, 9.17) is 5.11 Å². The lowest BCUT2D eigenvalue weighted by Gasteiger charge is -1.91. The van der Waals surface area contributed by atoms with Crippen molar-refractivity contribution in [3.8, 4) is 16.5 Å². The van der Waals surface area contributed by atoms with Crippen LogP contribution in [0.3, 0.4) is 0 Å². The maximum Gasteiger partial charge on any atom is 0.222 e. The summed E-state index contributed by atoms with van der Waals surface area (Å²) in [6.45, 7) is 0. The second-order valence-corrected chi connectivity index (χ2v) is 3.23. The van der Waals surface area contributed by atoms with Gasteiger partial charge in [-0.15, -0.1) is 11.3 Å². The zero-order chi connectivity index (χ0) is 8.39. The van der Waals surface area contributed by atoms with E-state index in [1.165, 1.54) is 11.3 Å². The highest BCUT2D eigenvalue weighted by molar-refractivity contribution is 7.13. The third kappa shape index (κ3) is 1.31. The summed E-state index contributed by atoms with van der Waals surface area (Å²) < 4.78 is 0. The second kappa shape index (κ2) is 2.95. The van der Waals surface area contributed by atoms with E-state index in [0.717, 1.165) is 10.6 Å². The zero-order valence-corrected chi connectivity index (χ0v) is 7.08. The minimum atomic E-state index is 0.0962. The number of rotatable bonds is 1. The van der Waals surface area contributed by atoms with Crippen LogP contribution in [-0.4, -0.2) is 10.1 Å². The van der Waals surface area contributed by atoms with Gasteiger partial charge >= 0.3 is 0 Å². The van der Waals surface area contributed by atoms with Crippen molar-refractivity contribution in [3.05, 3.63) is 35.7 Å². The molecule has 0 aliphatic heterocycles. The van der Waals surface area contributed by atoms with Gasteiger partial charge in [0.05, 0.1) is 5.38 Å². The van der Waals surface area contributed by atoms with Crippen molar-refractivity contribution in [1.82, 2.24) is 4.98 Å². The van der Waals surface area contributed by atoms with Crippen LogP contribution in [0.4, 0.5) is 0 Å². The Morgan fingerprint density at radius 2 is 1.92 bits per heavy atom. The summed E-state index contributed by atoms with van der Waals surface area (Å²) in [7, 11) is 0. The zero-order valence-electron chi connectivity index (χ0n) is 6.27. The fourth-order valence-electron chi connectivity index (χ4n) is 0.979. The largest absolute Gasteiger partial charge is 0.493 e. The smallest absolute Gasteiger partial charge is 0.222 e. The first-order valence-corrected chi connectivity index (χ1v) is 4.44. The molecule has 0 amide bonds. The molecule has 0 bridgehead atoms. The highest BCUT2D eigenvalue weighted by Gasteiger charge is 2.01. The molecule has 1 heterocycles. The van der Waals surface area contributed by atoms with E-state index >= 15 is 0 Å². The maximum atomic E-state index is 9.01. The van der Waals surface area contributed by atoms with Gasteiger partial charge in [-0.25, -0.2) is 4.98 Å². The van der Waals surface area contributed by atoms with Crippen molar-refractivity contribution in [2.45, 2.75) is 0 Å². The van der Waals surface area contributed by atoms with Gasteiger partial charge in [-0.05, 0) is 0 Å². The number of aromatic nitrogens is 1.